The highest BCUT2D eigenvalue weighted by molar-refractivity contribution is 7.89. The van der Waals surface area contributed by atoms with E-state index in [1.165, 1.54) is 52.6 Å². The van der Waals surface area contributed by atoms with E-state index in [0.29, 0.717) is 18.1 Å². The number of anilines is 1. The maximum Gasteiger partial charge on any atom is 0.255 e. The maximum atomic E-state index is 12.7. The summed E-state index contributed by atoms with van der Waals surface area (Å²) in [5.41, 5.74) is 0.503. The Balaban J connectivity index is 2.42. The molecule has 1 N–H and O–H groups in total. The van der Waals surface area contributed by atoms with Crippen LogP contribution in [0.1, 0.15) is 17.3 Å². The second kappa shape index (κ2) is 9.34. The molecule has 1 amide bonds. The molecule has 8 nitrogen and oxygen atoms in total. The minimum Gasteiger partial charge on any atom is -0.493 e. The lowest BCUT2D eigenvalue weighted by atomic mass is 10.1. The monoisotopic (exact) mass is 442 g/mol. The number of nitrogens with one attached hydrogen (secondary N) is 1. The predicted octanol–water partition coefficient (Wildman–Crippen LogP) is 3.26. The average Bonchev–Trinajstić information content (AvgIpc) is 2.68. The molecule has 0 atom stereocenters. The highest BCUT2D eigenvalue weighted by atomic mass is 35.5. The molecule has 0 unspecified atom stereocenters. The van der Waals surface area contributed by atoms with E-state index < -0.39 is 15.9 Å². The van der Waals surface area contributed by atoms with Gasteiger partial charge in [-0.25, -0.2) is 12.7 Å². The molecule has 0 bridgehead atoms. The van der Waals surface area contributed by atoms with Crippen LogP contribution in [0.15, 0.2) is 35.2 Å². The number of rotatable bonds is 8. The van der Waals surface area contributed by atoms with Gasteiger partial charge >= 0.3 is 0 Å². The lowest BCUT2D eigenvalue weighted by Crippen LogP contribution is -2.23. The Hall–Kier alpha value is -2.49. The number of methoxy groups -OCH3 is 2. The summed E-state index contributed by atoms with van der Waals surface area (Å²) < 4.78 is 42.1. The summed E-state index contributed by atoms with van der Waals surface area (Å²) >= 11 is 6.15. The molecule has 0 aliphatic heterocycles. The van der Waals surface area contributed by atoms with Crippen molar-refractivity contribution in [2.24, 2.45) is 0 Å². The Morgan fingerprint density at radius 1 is 1.10 bits per heavy atom. The molecule has 0 spiro atoms. The molecule has 2 aromatic rings. The van der Waals surface area contributed by atoms with Crippen LogP contribution in [0.2, 0.25) is 5.02 Å². The second-order valence-corrected chi connectivity index (χ2v) is 8.56. The van der Waals surface area contributed by atoms with Gasteiger partial charge in [0.15, 0.2) is 11.5 Å². The standard InChI is InChI=1S/C19H23ClN2O6S/c1-6-28-15-8-7-13(11-17(15)29(24,25)22(2)3)21-19(23)12-9-14(20)18(27-5)16(10-12)26-4/h7-11H,6H2,1-5H3,(H,21,23). The van der Waals surface area contributed by atoms with Gasteiger partial charge in [0, 0.05) is 25.3 Å². The molecule has 158 valence electrons. The normalized spacial score (nSPS) is 11.3. The molecule has 0 saturated carbocycles. The van der Waals surface area contributed by atoms with E-state index in [1.807, 2.05) is 0 Å². The number of carbonyl (C=O) groups excluding carboxylic acids is 1. The molecule has 0 aliphatic rings. The fourth-order valence-electron chi connectivity index (χ4n) is 2.51. The molecule has 29 heavy (non-hydrogen) atoms. The summed E-state index contributed by atoms with van der Waals surface area (Å²) in [7, 11) is 1.93. The highest BCUT2D eigenvalue weighted by Gasteiger charge is 2.23. The first-order valence-electron chi connectivity index (χ1n) is 8.57. The van der Waals surface area contributed by atoms with Crippen molar-refractivity contribution in [2.45, 2.75) is 11.8 Å². The van der Waals surface area contributed by atoms with Crippen molar-refractivity contribution in [2.75, 3.05) is 40.2 Å². The first kappa shape index (κ1) is 22.8. The van der Waals surface area contributed by atoms with E-state index in [4.69, 9.17) is 25.8 Å². The smallest absolute Gasteiger partial charge is 0.255 e. The van der Waals surface area contributed by atoms with Crippen molar-refractivity contribution < 1.29 is 27.4 Å². The largest absolute Gasteiger partial charge is 0.493 e. The van der Waals surface area contributed by atoms with Crippen LogP contribution in [0.4, 0.5) is 5.69 Å². The van der Waals surface area contributed by atoms with Crippen molar-refractivity contribution in [1.29, 1.82) is 0 Å². The third-order valence-electron chi connectivity index (χ3n) is 3.96. The molecule has 0 aliphatic carbocycles. The van der Waals surface area contributed by atoms with Crippen LogP contribution in [0, 0.1) is 0 Å². The Morgan fingerprint density at radius 3 is 2.34 bits per heavy atom. The van der Waals surface area contributed by atoms with Gasteiger partial charge in [0.05, 0.1) is 25.8 Å². The molecular formula is C19H23ClN2O6S. The Kier molecular flexibility index (Phi) is 7.34. The van der Waals surface area contributed by atoms with Crippen LogP contribution in [0.5, 0.6) is 17.2 Å². The molecule has 0 saturated heterocycles. The first-order chi connectivity index (χ1) is 13.6. The van der Waals surface area contributed by atoms with Crippen molar-refractivity contribution in [3.8, 4) is 17.2 Å². The first-order valence-corrected chi connectivity index (χ1v) is 10.4. The summed E-state index contributed by atoms with van der Waals surface area (Å²) in [6.07, 6.45) is 0. The van der Waals surface area contributed by atoms with Crippen LogP contribution in [-0.4, -0.2) is 53.6 Å². The number of halogens is 1. The zero-order valence-corrected chi connectivity index (χ0v) is 18.3. The quantitative estimate of drug-likeness (QED) is 0.674. The molecule has 0 radical (unpaired) electrons. The summed E-state index contributed by atoms with van der Waals surface area (Å²) in [6, 6.07) is 7.31. The van der Waals surface area contributed by atoms with Crippen LogP contribution in [0.25, 0.3) is 0 Å². The van der Waals surface area contributed by atoms with Gasteiger partial charge in [0.2, 0.25) is 10.0 Å². The minimum absolute atomic E-state index is 0.0486. The molecule has 10 heteroatoms. The van der Waals surface area contributed by atoms with E-state index in [0.717, 1.165) is 4.31 Å². The molecule has 2 aromatic carbocycles. The zero-order valence-electron chi connectivity index (χ0n) is 16.8. The molecular weight excluding hydrogens is 420 g/mol. The van der Waals surface area contributed by atoms with E-state index in [9.17, 15) is 13.2 Å². The van der Waals surface area contributed by atoms with E-state index in [-0.39, 0.29) is 26.9 Å². The van der Waals surface area contributed by atoms with Crippen LogP contribution in [0.3, 0.4) is 0 Å². The molecule has 2 rings (SSSR count). The van der Waals surface area contributed by atoms with Gasteiger partial charge in [-0.1, -0.05) is 11.6 Å². The van der Waals surface area contributed by atoms with Crippen LogP contribution < -0.4 is 19.5 Å². The van der Waals surface area contributed by atoms with E-state index >= 15 is 0 Å². The topological polar surface area (TPSA) is 94.2 Å². The number of ether oxygens (including phenoxy) is 3. The third kappa shape index (κ3) is 4.92. The van der Waals surface area contributed by atoms with Crippen molar-refractivity contribution in [1.82, 2.24) is 4.31 Å². The predicted molar refractivity (Wildman–Crippen MR) is 111 cm³/mol. The fraction of sp³-hybridized carbons (Fsp3) is 0.316. The molecule has 0 heterocycles. The Morgan fingerprint density at radius 2 is 1.79 bits per heavy atom. The minimum atomic E-state index is -3.78. The number of amides is 1. The second-order valence-electron chi connectivity index (χ2n) is 6.03. The fourth-order valence-corrected chi connectivity index (χ4v) is 3.85. The van der Waals surface area contributed by atoms with Gasteiger partial charge in [0.25, 0.3) is 5.91 Å². The Bertz CT molecular complexity index is 1010. The number of hydrogen-bond donors (Lipinski definition) is 1. The SMILES string of the molecule is CCOc1ccc(NC(=O)c2cc(Cl)c(OC)c(OC)c2)cc1S(=O)(=O)N(C)C. The van der Waals surface area contributed by atoms with Gasteiger partial charge in [-0.3, -0.25) is 4.79 Å². The maximum absolute atomic E-state index is 12.7. The van der Waals surface area contributed by atoms with Crippen LogP contribution >= 0.6 is 11.6 Å². The summed E-state index contributed by atoms with van der Waals surface area (Å²) in [5.74, 6) is 0.317. The summed E-state index contributed by atoms with van der Waals surface area (Å²) in [4.78, 5) is 12.6. The lowest BCUT2D eigenvalue weighted by molar-refractivity contribution is 0.102. The number of carbonyl (C=O) groups is 1. The van der Waals surface area contributed by atoms with Crippen molar-refractivity contribution in [3.05, 3.63) is 40.9 Å². The number of benzene rings is 2. The van der Waals surface area contributed by atoms with Crippen molar-refractivity contribution >= 4 is 33.2 Å². The molecule has 0 aromatic heterocycles. The third-order valence-corrected chi connectivity index (χ3v) is 6.07. The van der Waals surface area contributed by atoms with Crippen LogP contribution in [-0.2, 0) is 10.0 Å². The number of hydrogen-bond acceptors (Lipinski definition) is 6. The van der Waals surface area contributed by atoms with Gasteiger partial charge in [-0.2, -0.15) is 0 Å². The van der Waals surface area contributed by atoms with Gasteiger partial charge < -0.3 is 19.5 Å². The summed E-state index contributed by atoms with van der Waals surface area (Å²) in [6.45, 7) is 2.05. The average molecular weight is 443 g/mol. The van der Waals surface area contributed by atoms with E-state index in [2.05, 4.69) is 5.32 Å². The molecule has 0 fully saturated rings. The van der Waals surface area contributed by atoms with Gasteiger partial charge in [-0.15, -0.1) is 0 Å². The lowest BCUT2D eigenvalue weighted by Gasteiger charge is -2.17. The van der Waals surface area contributed by atoms with E-state index in [1.54, 1.807) is 13.0 Å². The number of sulfonamides is 1. The Labute approximate surface area is 175 Å². The van der Waals surface area contributed by atoms with Gasteiger partial charge in [0.1, 0.15) is 10.6 Å². The highest BCUT2D eigenvalue weighted by Crippen LogP contribution is 2.36. The van der Waals surface area contributed by atoms with Crippen molar-refractivity contribution in [3.63, 3.8) is 0 Å². The van der Waals surface area contributed by atoms with Gasteiger partial charge in [-0.05, 0) is 37.3 Å². The summed E-state index contributed by atoms with van der Waals surface area (Å²) in [5, 5.41) is 2.87. The zero-order chi connectivity index (χ0) is 21.8. The number of nitrogens with zero attached hydrogens (tertiary/aromatic N) is 1.